The van der Waals surface area contributed by atoms with Crippen molar-refractivity contribution < 1.29 is 0 Å². The van der Waals surface area contributed by atoms with Crippen molar-refractivity contribution in [3.63, 3.8) is 0 Å². The lowest BCUT2D eigenvalue weighted by atomic mass is 10.7. The van der Waals surface area contributed by atoms with E-state index in [-0.39, 0.29) is 0 Å². The summed E-state index contributed by atoms with van der Waals surface area (Å²) in [6.07, 6.45) is 2.99. The second-order valence-corrected chi connectivity index (χ2v) is 1.09. The highest BCUT2D eigenvalue weighted by atomic mass is 15.6. The molecule has 0 aromatic heterocycles. The first-order chi connectivity index (χ1) is 2.91. The van der Waals surface area contributed by atoms with Crippen LogP contribution in [0.4, 0.5) is 0 Å². The molecule has 0 fully saturated rings. The summed E-state index contributed by atoms with van der Waals surface area (Å²) in [6.45, 7) is 5.04. The van der Waals surface area contributed by atoms with Crippen LogP contribution in [0.2, 0.25) is 0 Å². The predicted molar refractivity (Wildman–Crippen MR) is 29.3 cm³/mol. The summed E-state index contributed by atoms with van der Waals surface area (Å²) in [4.78, 5) is 3.97. The Hall–Kier alpha value is -0.330. The van der Waals surface area contributed by atoms with Crippen LogP contribution in [-0.4, -0.2) is 12.8 Å². The van der Waals surface area contributed by atoms with Gasteiger partial charge in [0.25, 0.3) is 0 Å². The minimum atomic E-state index is 0.924. The van der Waals surface area contributed by atoms with Crippen LogP contribution in [0.1, 0.15) is 20.3 Å². The molecule has 0 amide bonds. The van der Waals surface area contributed by atoms with Crippen LogP contribution < -0.4 is 0 Å². The average Bonchev–Trinajstić information content (AvgIpc) is 1.61. The Kier molecular flexibility index (Phi) is 4.41. The van der Waals surface area contributed by atoms with Gasteiger partial charge in [0.2, 0.25) is 0 Å². The fourth-order valence-electron chi connectivity index (χ4n) is 0.258. The van der Waals surface area contributed by atoms with Gasteiger partial charge in [-0.3, -0.25) is 4.99 Å². The van der Waals surface area contributed by atoms with Crippen LogP contribution in [-0.2, 0) is 0 Å². The van der Waals surface area contributed by atoms with Gasteiger partial charge in [-0.2, -0.15) is 0 Å². The molecule has 36 valence electrons. The standard InChI is InChI=1S/C5H11N/c1-3-5-6-4-2/h5H,3-4H2,1-2H3/i1+1,2+1,4+1,6+1. The third-order valence-electron chi connectivity index (χ3n) is 0.494. The minimum Gasteiger partial charge on any atom is -0.298 e. The van der Waals surface area contributed by atoms with E-state index in [0.717, 1.165) is 13.0 Å². The van der Waals surface area contributed by atoms with Crippen molar-refractivity contribution in [3.05, 3.63) is 0 Å². The van der Waals surface area contributed by atoms with E-state index >= 15 is 0 Å². The van der Waals surface area contributed by atoms with Crippen LogP contribution in [0, 0.1) is 0 Å². The Morgan fingerprint density at radius 2 is 2.17 bits per heavy atom. The van der Waals surface area contributed by atoms with Crippen molar-refractivity contribution >= 4 is 6.21 Å². The van der Waals surface area contributed by atoms with E-state index in [1.54, 1.807) is 0 Å². The van der Waals surface area contributed by atoms with Gasteiger partial charge in [0.15, 0.2) is 0 Å². The smallest absolute Gasteiger partial charge is 0.0357 e. The third kappa shape index (κ3) is 3.67. The molecular weight excluding hydrogens is 78.0 g/mol. The Morgan fingerprint density at radius 3 is 2.33 bits per heavy atom. The van der Waals surface area contributed by atoms with Crippen LogP contribution >= 0.6 is 0 Å². The van der Waals surface area contributed by atoms with E-state index in [1.165, 1.54) is 0 Å². The second kappa shape index (κ2) is 4.67. The van der Waals surface area contributed by atoms with Crippen molar-refractivity contribution in [2.75, 3.05) is 6.54 Å². The van der Waals surface area contributed by atoms with E-state index in [9.17, 15) is 0 Å². The quantitative estimate of drug-likeness (QED) is 0.276. The fourth-order valence-corrected chi connectivity index (χ4v) is 0.258. The molecule has 0 spiro atoms. The molecular formula is C5H11N. The van der Waals surface area contributed by atoms with Gasteiger partial charge in [0.05, 0.1) is 0 Å². The highest BCUT2D eigenvalue weighted by molar-refractivity contribution is 5.56. The van der Waals surface area contributed by atoms with Crippen LogP contribution in [0.25, 0.3) is 0 Å². The molecule has 0 aliphatic rings. The molecule has 0 N–H and O–H groups in total. The fraction of sp³-hybridized carbons (Fsp3) is 0.800. The Morgan fingerprint density at radius 1 is 1.50 bits per heavy atom. The molecule has 0 saturated carbocycles. The Bertz CT molecular complexity index is 33.2. The molecule has 0 unspecified atom stereocenters. The van der Waals surface area contributed by atoms with Crippen molar-refractivity contribution in [1.82, 2.24) is 0 Å². The van der Waals surface area contributed by atoms with E-state index < -0.39 is 0 Å². The molecule has 0 aromatic carbocycles. The summed E-state index contributed by atoms with van der Waals surface area (Å²) >= 11 is 0. The Balaban J connectivity index is 2.73. The van der Waals surface area contributed by atoms with Gasteiger partial charge >= 0.3 is 0 Å². The van der Waals surface area contributed by atoms with Gasteiger partial charge in [0.1, 0.15) is 0 Å². The highest BCUT2D eigenvalue weighted by Crippen LogP contribution is 1.66. The zero-order chi connectivity index (χ0) is 4.83. The first-order valence-corrected chi connectivity index (χ1v) is 2.40. The summed E-state index contributed by atoms with van der Waals surface area (Å²) < 4.78 is 0. The predicted octanol–water partition coefficient (Wildman–Crippen LogP) is 1.49. The molecule has 0 heterocycles. The van der Waals surface area contributed by atoms with Crippen molar-refractivity contribution in [2.45, 2.75) is 20.3 Å². The number of hydrogen-bond acceptors (Lipinski definition) is 1. The van der Waals surface area contributed by atoms with Gasteiger partial charge in [-0.15, -0.1) is 0 Å². The van der Waals surface area contributed by atoms with Crippen LogP contribution in [0.3, 0.4) is 0 Å². The molecule has 6 heavy (non-hydrogen) atoms. The number of rotatable bonds is 2. The van der Waals surface area contributed by atoms with Crippen LogP contribution in [0.15, 0.2) is 4.99 Å². The lowest BCUT2D eigenvalue weighted by Crippen LogP contribution is -1.68. The lowest BCUT2D eigenvalue weighted by Gasteiger charge is -1.74. The number of hydrogen-bond donors (Lipinski definition) is 0. The first-order valence-electron chi connectivity index (χ1n) is 2.40. The van der Waals surface area contributed by atoms with Gasteiger partial charge in [-0.1, -0.05) is 6.92 Å². The van der Waals surface area contributed by atoms with Gasteiger partial charge < -0.3 is 0 Å². The zero-order valence-electron chi connectivity index (χ0n) is 4.44. The van der Waals surface area contributed by atoms with E-state index in [4.69, 9.17) is 0 Å². The molecule has 0 radical (unpaired) electrons. The zero-order valence-corrected chi connectivity index (χ0v) is 4.44. The first kappa shape index (κ1) is 5.67. The molecule has 0 aromatic rings. The van der Waals surface area contributed by atoms with Gasteiger partial charge in [-0.25, -0.2) is 0 Å². The molecule has 0 aliphatic heterocycles. The molecule has 1 nitrogen and oxygen atoms in total. The van der Waals surface area contributed by atoms with Crippen molar-refractivity contribution in [2.24, 2.45) is 4.99 Å². The maximum absolute atomic E-state index is 3.97. The van der Waals surface area contributed by atoms with Crippen molar-refractivity contribution in [1.29, 1.82) is 0 Å². The third-order valence-corrected chi connectivity index (χ3v) is 0.494. The number of nitrogens with zero attached hydrogens (tertiary/aromatic N) is 1. The number of aliphatic imine (C=N–C) groups is 1. The molecule has 0 atom stereocenters. The topological polar surface area (TPSA) is 12.4 Å². The minimum absolute atomic E-state index is 0.924. The highest BCUT2D eigenvalue weighted by Gasteiger charge is 1.59. The normalized spacial score (nSPS) is 10.3. The lowest BCUT2D eigenvalue weighted by molar-refractivity contribution is 1.12. The molecule has 0 aliphatic carbocycles. The van der Waals surface area contributed by atoms with Crippen LogP contribution in [0.5, 0.6) is 0 Å². The van der Waals surface area contributed by atoms with Crippen molar-refractivity contribution in [3.8, 4) is 0 Å². The summed E-state index contributed by atoms with van der Waals surface area (Å²) in [7, 11) is 0. The Labute approximate surface area is 39.1 Å². The molecule has 0 saturated heterocycles. The SMILES string of the molecule is [13CH3]CC=[15N][13CH2][13CH3]. The molecule has 0 bridgehead atoms. The summed E-state index contributed by atoms with van der Waals surface area (Å²) in [5.74, 6) is 0. The maximum Gasteiger partial charge on any atom is 0.0357 e. The summed E-state index contributed by atoms with van der Waals surface area (Å²) in [5, 5.41) is 0. The largest absolute Gasteiger partial charge is 0.298 e. The summed E-state index contributed by atoms with van der Waals surface area (Å²) in [6, 6.07) is 0. The van der Waals surface area contributed by atoms with Gasteiger partial charge in [-0.05, 0) is 19.6 Å². The van der Waals surface area contributed by atoms with E-state index in [1.807, 2.05) is 13.1 Å². The molecule has 1 heteroatoms. The van der Waals surface area contributed by atoms with E-state index in [0.29, 0.717) is 0 Å². The van der Waals surface area contributed by atoms with Gasteiger partial charge in [0, 0.05) is 6.54 Å². The molecule has 0 rings (SSSR count). The maximum atomic E-state index is 3.97. The van der Waals surface area contributed by atoms with E-state index in [2.05, 4.69) is 11.9 Å². The summed E-state index contributed by atoms with van der Waals surface area (Å²) in [5.41, 5.74) is 0. The second-order valence-electron chi connectivity index (χ2n) is 1.09. The average molecular weight is 89.1 g/mol. The monoisotopic (exact) mass is 89.1 g/mol.